The molecule has 0 heterocycles. The van der Waals surface area contributed by atoms with E-state index < -0.39 is 8.61 Å². The van der Waals surface area contributed by atoms with Crippen LogP contribution in [0.15, 0.2) is 60.7 Å². The highest BCUT2D eigenvalue weighted by atomic mass is 31.1. The Labute approximate surface area is 95.9 Å². The lowest BCUT2D eigenvalue weighted by atomic mass is 10.3. The van der Waals surface area contributed by atoms with Crippen LogP contribution in [0.2, 0.25) is 0 Å². The third kappa shape index (κ3) is 2.65. The lowest BCUT2D eigenvalue weighted by molar-refractivity contribution is 0.597. The number of rotatable bonds is 4. The van der Waals surface area contributed by atoms with E-state index in [0.29, 0.717) is 0 Å². The summed E-state index contributed by atoms with van der Waals surface area (Å²) in [7, 11) is -1.06. The molecule has 0 bridgehead atoms. The van der Waals surface area contributed by atoms with Crippen LogP contribution in [0.4, 0.5) is 11.4 Å². The molecule has 4 heteroatoms. The maximum absolute atomic E-state index is 11.2. The summed E-state index contributed by atoms with van der Waals surface area (Å²) in [4.78, 5) is 0. The van der Waals surface area contributed by atoms with Crippen molar-refractivity contribution < 1.29 is 4.57 Å². The van der Waals surface area contributed by atoms with Gasteiger partial charge in [-0.3, -0.25) is 5.43 Å². The summed E-state index contributed by atoms with van der Waals surface area (Å²) in [5, 5.41) is 0. The molecule has 2 rings (SSSR count). The van der Waals surface area contributed by atoms with E-state index >= 15 is 0 Å². The Balaban J connectivity index is 2.16. The predicted octanol–water partition coefficient (Wildman–Crippen LogP) is 3.19. The number of nitrogens with one attached hydrogen (secondary N) is 1. The maximum atomic E-state index is 11.2. The Morgan fingerprint density at radius 3 is 2.00 bits per heavy atom. The molecule has 0 aliphatic rings. The molecule has 0 fully saturated rings. The maximum Gasteiger partial charge on any atom is 0.167 e. The van der Waals surface area contributed by atoms with Gasteiger partial charge in [0.25, 0.3) is 0 Å². The Hall–Kier alpha value is -1.73. The van der Waals surface area contributed by atoms with Gasteiger partial charge in [-0.05, 0) is 24.3 Å². The molecule has 2 aromatic carbocycles. The lowest BCUT2D eigenvalue weighted by Gasteiger charge is -2.20. The zero-order valence-corrected chi connectivity index (χ0v) is 9.86. The fourth-order valence-electron chi connectivity index (χ4n) is 1.39. The van der Waals surface area contributed by atoms with Crippen molar-refractivity contribution in [3.05, 3.63) is 60.7 Å². The topological polar surface area (TPSA) is 32.3 Å². The van der Waals surface area contributed by atoms with E-state index in [4.69, 9.17) is 0 Å². The Morgan fingerprint density at radius 2 is 1.44 bits per heavy atom. The molecular weight excluding hydrogens is 219 g/mol. The van der Waals surface area contributed by atoms with Gasteiger partial charge >= 0.3 is 0 Å². The van der Waals surface area contributed by atoms with E-state index in [0.717, 1.165) is 11.4 Å². The van der Waals surface area contributed by atoms with Crippen molar-refractivity contribution >= 4 is 20.0 Å². The fraction of sp³-hybridized carbons (Fsp3) is 0. The first-order valence-corrected chi connectivity index (χ1v) is 6.00. The number of hydrazine groups is 1. The lowest BCUT2D eigenvalue weighted by Crippen LogP contribution is -2.18. The first-order valence-electron chi connectivity index (χ1n) is 5.01. The van der Waals surface area contributed by atoms with Crippen molar-refractivity contribution in [1.29, 1.82) is 0 Å². The number of hydrogen-bond donors (Lipinski definition) is 1. The Kier molecular flexibility index (Phi) is 3.62. The number of benzene rings is 2. The average Bonchev–Trinajstić information content (AvgIpc) is 2.38. The monoisotopic (exact) mass is 232 g/mol. The molecule has 0 aromatic heterocycles. The summed E-state index contributed by atoms with van der Waals surface area (Å²) in [6.45, 7) is 0. The second-order valence-electron chi connectivity index (χ2n) is 3.29. The first kappa shape index (κ1) is 10.8. The zero-order valence-electron chi connectivity index (χ0n) is 8.71. The molecule has 0 aliphatic carbocycles. The van der Waals surface area contributed by atoms with Gasteiger partial charge in [0.1, 0.15) is 0 Å². The van der Waals surface area contributed by atoms with Crippen LogP contribution in [0, 0.1) is 0 Å². The summed E-state index contributed by atoms with van der Waals surface area (Å²) < 4.78 is 12.8. The minimum absolute atomic E-state index is 0.899. The molecule has 0 spiro atoms. The highest BCUT2D eigenvalue weighted by Crippen LogP contribution is 2.21. The van der Waals surface area contributed by atoms with Crippen LogP contribution in [-0.2, 0) is 4.57 Å². The molecule has 1 N–H and O–H groups in total. The van der Waals surface area contributed by atoms with Gasteiger partial charge in [-0.15, -0.1) is 0 Å². The number of para-hydroxylation sites is 2. The predicted molar refractivity (Wildman–Crippen MR) is 69.4 cm³/mol. The van der Waals surface area contributed by atoms with E-state index in [9.17, 15) is 4.57 Å². The molecular formula is C12H13N2OP. The molecule has 1 unspecified atom stereocenters. The molecule has 1 atom stereocenters. The molecule has 0 amide bonds. The van der Waals surface area contributed by atoms with Gasteiger partial charge in [-0.1, -0.05) is 36.4 Å². The molecule has 0 saturated carbocycles. The molecule has 3 nitrogen and oxygen atoms in total. The molecule has 16 heavy (non-hydrogen) atoms. The van der Waals surface area contributed by atoms with E-state index in [1.807, 2.05) is 60.7 Å². The summed E-state index contributed by atoms with van der Waals surface area (Å²) in [5.74, 6) is 0. The van der Waals surface area contributed by atoms with Crippen LogP contribution < -0.4 is 10.2 Å². The van der Waals surface area contributed by atoms with Crippen LogP contribution in [0.1, 0.15) is 0 Å². The number of hydrogen-bond acceptors (Lipinski definition) is 2. The van der Waals surface area contributed by atoms with Crippen molar-refractivity contribution in [3.8, 4) is 0 Å². The van der Waals surface area contributed by atoms with Gasteiger partial charge in [0, 0.05) is 0 Å². The second kappa shape index (κ2) is 5.38. The summed E-state index contributed by atoms with van der Waals surface area (Å²) in [6, 6.07) is 19.3. The van der Waals surface area contributed by atoms with Gasteiger partial charge in [0.2, 0.25) is 0 Å². The SMILES string of the molecule is O=[PH2]N(Nc1ccccc1)c1ccccc1. The fourth-order valence-corrected chi connectivity index (χ4v) is 1.89. The highest BCUT2D eigenvalue weighted by molar-refractivity contribution is 7.26. The van der Waals surface area contributed by atoms with Gasteiger partial charge in [0.15, 0.2) is 8.61 Å². The Bertz CT molecular complexity index is 447. The normalized spacial score (nSPS) is 10.5. The van der Waals surface area contributed by atoms with Crippen molar-refractivity contribution in [3.63, 3.8) is 0 Å². The van der Waals surface area contributed by atoms with E-state index in [1.165, 1.54) is 0 Å². The van der Waals surface area contributed by atoms with Gasteiger partial charge in [-0.25, -0.2) is 4.78 Å². The van der Waals surface area contributed by atoms with Crippen molar-refractivity contribution in [1.82, 2.24) is 0 Å². The largest absolute Gasteiger partial charge is 0.305 e. The Morgan fingerprint density at radius 1 is 0.875 bits per heavy atom. The van der Waals surface area contributed by atoms with Gasteiger partial charge in [0.05, 0.1) is 11.4 Å². The van der Waals surface area contributed by atoms with Crippen LogP contribution in [-0.4, -0.2) is 0 Å². The van der Waals surface area contributed by atoms with Crippen LogP contribution in [0.3, 0.4) is 0 Å². The van der Waals surface area contributed by atoms with Crippen molar-refractivity contribution in [2.75, 3.05) is 10.2 Å². The van der Waals surface area contributed by atoms with Crippen LogP contribution in [0.25, 0.3) is 0 Å². The summed E-state index contributed by atoms with van der Waals surface area (Å²) >= 11 is 0. The quantitative estimate of drug-likeness (QED) is 0.649. The second-order valence-corrected chi connectivity index (χ2v) is 4.02. The molecule has 82 valence electrons. The van der Waals surface area contributed by atoms with Crippen LogP contribution >= 0.6 is 8.61 Å². The minimum atomic E-state index is -1.06. The molecule has 2 aromatic rings. The highest BCUT2D eigenvalue weighted by Gasteiger charge is 2.02. The number of nitrogens with zero attached hydrogens (tertiary/aromatic N) is 1. The standard InChI is InChI=1S/C12H13N2OP/c15-16-14(12-9-5-2-6-10-12)13-11-7-3-1-4-8-11/h1-10,13H,16H2. The summed E-state index contributed by atoms with van der Waals surface area (Å²) in [6.07, 6.45) is 0. The molecule has 0 saturated heterocycles. The zero-order chi connectivity index (χ0) is 11.2. The van der Waals surface area contributed by atoms with E-state index in [1.54, 1.807) is 4.78 Å². The van der Waals surface area contributed by atoms with E-state index in [-0.39, 0.29) is 0 Å². The first-order chi connectivity index (χ1) is 7.90. The van der Waals surface area contributed by atoms with Crippen molar-refractivity contribution in [2.24, 2.45) is 0 Å². The minimum Gasteiger partial charge on any atom is -0.305 e. The molecule has 0 aliphatic heterocycles. The third-order valence-electron chi connectivity index (χ3n) is 2.16. The van der Waals surface area contributed by atoms with Gasteiger partial charge in [-0.2, -0.15) is 0 Å². The summed E-state index contributed by atoms with van der Waals surface area (Å²) in [5.41, 5.74) is 4.93. The van der Waals surface area contributed by atoms with E-state index in [2.05, 4.69) is 5.43 Å². The number of anilines is 2. The van der Waals surface area contributed by atoms with Gasteiger partial charge < -0.3 is 4.57 Å². The van der Waals surface area contributed by atoms with Crippen molar-refractivity contribution in [2.45, 2.75) is 0 Å². The smallest absolute Gasteiger partial charge is 0.167 e. The molecule has 0 radical (unpaired) electrons. The third-order valence-corrected chi connectivity index (χ3v) is 2.80. The average molecular weight is 232 g/mol. The van der Waals surface area contributed by atoms with Crippen LogP contribution in [0.5, 0.6) is 0 Å².